The van der Waals surface area contributed by atoms with E-state index in [1.165, 1.54) is 38.1 Å². The summed E-state index contributed by atoms with van der Waals surface area (Å²) < 4.78 is 16.7. The summed E-state index contributed by atoms with van der Waals surface area (Å²) in [6.45, 7) is 16.3. The maximum absolute atomic E-state index is 13.0. The maximum atomic E-state index is 13.0. The number of amides is 5. The van der Waals surface area contributed by atoms with E-state index in [2.05, 4.69) is 73.4 Å². The van der Waals surface area contributed by atoms with E-state index in [1.54, 1.807) is 34.6 Å². The number of halogens is 2. The highest BCUT2D eigenvalue weighted by atomic mass is 79.9. The van der Waals surface area contributed by atoms with Crippen LogP contribution in [-0.4, -0.2) is 152 Å². The highest BCUT2D eigenvalue weighted by Crippen LogP contribution is 2.24. The van der Waals surface area contributed by atoms with Crippen molar-refractivity contribution >= 4 is 95.1 Å². The molecule has 6 rings (SSSR count). The monoisotopic (exact) mass is 1220 g/mol. The number of aliphatic hydroxyl groups is 2. The topological polar surface area (TPSA) is 300 Å². The van der Waals surface area contributed by atoms with E-state index in [4.69, 9.17) is 19.7 Å². The lowest BCUT2D eigenvalue weighted by Crippen LogP contribution is -2.61. The number of methoxy groups -OCH3 is 2. The average Bonchev–Trinajstić information content (AvgIpc) is 3.42. The molecule has 0 radical (unpaired) electrons. The summed E-state index contributed by atoms with van der Waals surface area (Å²) >= 11 is 6.92. The van der Waals surface area contributed by atoms with Crippen molar-refractivity contribution in [1.82, 2.24) is 46.8 Å². The Morgan fingerprint density at radius 3 is 1.50 bits per heavy atom. The van der Waals surface area contributed by atoms with Crippen molar-refractivity contribution in [3.05, 3.63) is 81.0 Å². The zero-order valence-electron chi connectivity index (χ0n) is 46.0. The van der Waals surface area contributed by atoms with Gasteiger partial charge in [-0.15, -0.1) is 0 Å². The number of benzene rings is 2. The molecule has 0 unspecified atom stereocenters. The van der Waals surface area contributed by atoms with Gasteiger partial charge in [-0.05, 0) is 117 Å². The van der Waals surface area contributed by atoms with Crippen molar-refractivity contribution in [3.63, 3.8) is 0 Å². The van der Waals surface area contributed by atoms with E-state index < -0.39 is 77.8 Å². The molecule has 24 heteroatoms. The van der Waals surface area contributed by atoms with Gasteiger partial charge in [-0.1, -0.05) is 63.0 Å². The summed E-state index contributed by atoms with van der Waals surface area (Å²) in [7, 11) is 2.73. The molecule has 2 aliphatic rings. The van der Waals surface area contributed by atoms with Crippen LogP contribution >= 0.6 is 31.9 Å². The summed E-state index contributed by atoms with van der Waals surface area (Å²) in [5.41, 5.74) is 8.58. The second-order valence-electron chi connectivity index (χ2n) is 20.3. The fraction of sp³-hybridized carbons (Fsp3) is 0.537. The molecule has 4 heterocycles. The van der Waals surface area contributed by atoms with Gasteiger partial charge in [0.25, 0.3) is 11.8 Å². The molecule has 4 aromatic rings. The SMILES string of the molecule is CO[C@@H](C)[C@H](O)C(=O)N[C@@H](C)C(=O)N1CCC[C@@H](C(=O)N[C@H](C)c2ccc3ccc(Br)cc3n2)N1.CO[C@@H](C)[C@H](O)C(=O)O.C[C@H](CC(=O)OC(C)(C)C)C(=O)N1CCC[C@@H](C(=O)N[C@H](C)c2ccc3ccc(Br)cc3n2)N1. The Kier molecular flexibility index (Phi) is 24.9. The zero-order valence-corrected chi connectivity index (χ0v) is 49.1. The normalized spacial score (nSPS) is 18.7. The Balaban J connectivity index is 0.000000291. The van der Waals surface area contributed by atoms with Crippen LogP contribution in [-0.2, 0) is 47.8 Å². The third kappa shape index (κ3) is 19.6. The van der Waals surface area contributed by atoms with Crippen LogP contribution in [0.5, 0.6) is 0 Å². The number of aliphatic carboxylic acids is 1. The van der Waals surface area contributed by atoms with Crippen molar-refractivity contribution in [3.8, 4) is 0 Å². The number of carboxylic acid groups (broad SMARTS) is 1. The second-order valence-corrected chi connectivity index (χ2v) is 22.1. The molecule has 78 heavy (non-hydrogen) atoms. The Morgan fingerprint density at radius 2 is 1.09 bits per heavy atom. The number of carboxylic acids is 1. The van der Waals surface area contributed by atoms with Crippen molar-refractivity contribution in [2.24, 2.45) is 5.92 Å². The molecular weight excluding hydrogens is 1140 g/mol. The fourth-order valence-corrected chi connectivity index (χ4v) is 8.69. The third-order valence-corrected chi connectivity index (χ3v) is 13.7. The van der Waals surface area contributed by atoms with Crippen molar-refractivity contribution in [2.45, 2.75) is 155 Å². The lowest BCUT2D eigenvalue weighted by molar-refractivity contribution is -0.159. The predicted octanol–water partition coefficient (Wildman–Crippen LogP) is 5.08. The number of esters is 1. The van der Waals surface area contributed by atoms with Crippen LogP contribution in [0.3, 0.4) is 0 Å². The summed E-state index contributed by atoms with van der Waals surface area (Å²) in [6.07, 6.45) is -1.70. The quantitative estimate of drug-likeness (QED) is 0.0640. The molecule has 0 aliphatic carbocycles. The number of hydrazine groups is 2. The van der Waals surface area contributed by atoms with Gasteiger partial charge >= 0.3 is 11.9 Å². The fourth-order valence-electron chi connectivity index (χ4n) is 7.99. The van der Waals surface area contributed by atoms with E-state index in [0.29, 0.717) is 38.8 Å². The van der Waals surface area contributed by atoms with E-state index in [1.807, 2.05) is 74.5 Å². The highest BCUT2D eigenvalue weighted by Gasteiger charge is 2.34. The largest absolute Gasteiger partial charge is 0.479 e. The van der Waals surface area contributed by atoms with Gasteiger partial charge in [0.2, 0.25) is 17.7 Å². The van der Waals surface area contributed by atoms with E-state index in [-0.39, 0.29) is 36.2 Å². The first kappa shape index (κ1) is 64.8. The first-order chi connectivity index (χ1) is 36.6. The molecule has 2 aromatic heterocycles. The van der Waals surface area contributed by atoms with Gasteiger partial charge in [-0.25, -0.2) is 15.6 Å². The van der Waals surface area contributed by atoms with Gasteiger partial charge in [0.1, 0.15) is 23.7 Å². The Bertz CT molecular complexity index is 2730. The highest BCUT2D eigenvalue weighted by molar-refractivity contribution is 9.10. The Labute approximate surface area is 471 Å². The molecule has 2 saturated heterocycles. The molecule has 2 aromatic carbocycles. The van der Waals surface area contributed by atoms with E-state index in [0.717, 1.165) is 42.1 Å². The minimum atomic E-state index is -1.42. The van der Waals surface area contributed by atoms with Crippen molar-refractivity contribution < 1.29 is 63.1 Å². The average molecular weight is 1220 g/mol. The van der Waals surface area contributed by atoms with Gasteiger partial charge in [0.15, 0.2) is 12.2 Å². The number of rotatable bonds is 17. The number of pyridine rings is 2. The predicted molar refractivity (Wildman–Crippen MR) is 298 cm³/mol. The molecule has 2 aliphatic heterocycles. The Morgan fingerprint density at radius 1 is 0.667 bits per heavy atom. The number of nitrogens with one attached hydrogen (secondary N) is 5. The molecule has 0 bridgehead atoms. The number of aromatic nitrogens is 2. The number of carbonyl (C=O) groups is 7. The first-order valence-electron chi connectivity index (χ1n) is 25.7. The minimum Gasteiger partial charge on any atom is -0.479 e. The standard InChI is InChI=1S/C25H33BrN4O4.C24H32BrN5O5.C5H10O4/c1-15(13-22(31)34-25(3,4)5)24(33)30-12-6-7-20(29-30)23(32)27-16(2)19-11-9-17-8-10-18(26)14-21(17)28-19;1-13(18-10-8-16-7-9-17(25)12-20(16)28-18)26-22(32)19-6-5-11-30(29-19)24(34)14(2)27-23(33)21(31)15(3)35-4;1-3(9-2)4(6)5(7)8/h8-11,14-16,20,29H,6-7,12-13H2,1-5H3,(H,27,32);7-10,12-15,19,21,29,31H,5-6,11H2,1-4H3,(H,26,32)(H,27,33);3-4,6H,1-2H3,(H,7,8)/t15-,16-,20+;13-,14+,15+,19+,21+;3-,4-/m110/s1. The number of aliphatic hydroxyl groups excluding tert-OH is 2. The molecular formula is C54H75Br2N9O13. The van der Waals surface area contributed by atoms with Gasteiger partial charge in [0, 0.05) is 52.9 Å². The van der Waals surface area contributed by atoms with Gasteiger partial charge < -0.3 is 45.5 Å². The van der Waals surface area contributed by atoms with Crippen LogP contribution in [0.25, 0.3) is 21.8 Å². The molecule has 0 saturated carbocycles. The summed E-state index contributed by atoms with van der Waals surface area (Å²) in [5.74, 6) is -3.98. The van der Waals surface area contributed by atoms with E-state index in [9.17, 15) is 38.7 Å². The van der Waals surface area contributed by atoms with Gasteiger partial charge in [-0.2, -0.15) is 0 Å². The number of nitrogens with zero attached hydrogens (tertiary/aromatic N) is 4. The van der Waals surface area contributed by atoms with Crippen LogP contribution in [0.2, 0.25) is 0 Å². The number of ether oxygens (including phenoxy) is 3. The van der Waals surface area contributed by atoms with Crippen LogP contribution in [0.4, 0.5) is 0 Å². The van der Waals surface area contributed by atoms with Crippen LogP contribution in [0.15, 0.2) is 69.6 Å². The number of fused-ring (bicyclic) bond motifs is 2. The number of hydrogen-bond acceptors (Lipinski definition) is 16. The third-order valence-electron chi connectivity index (χ3n) is 12.7. The molecule has 22 nitrogen and oxygen atoms in total. The lowest BCUT2D eigenvalue weighted by atomic mass is 10.0. The molecule has 428 valence electrons. The van der Waals surface area contributed by atoms with Crippen LogP contribution in [0, 0.1) is 5.92 Å². The molecule has 0 spiro atoms. The van der Waals surface area contributed by atoms with Gasteiger partial charge in [-0.3, -0.25) is 48.8 Å². The number of carbonyl (C=O) groups excluding carboxylic acids is 6. The zero-order chi connectivity index (χ0) is 58.2. The molecule has 5 amide bonds. The smallest absolute Gasteiger partial charge is 0.335 e. The molecule has 8 N–H and O–H groups in total. The lowest BCUT2D eigenvalue weighted by Gasteiger charge is -2.35. The van der Waals surface area contributed by atoms with Crippen molar-refractivity contribution in [1.29, 1.82) is 0 Å². The summed E-state index contributed by atoms with van der Waals surface area (Å²) in [5, 5.41) is 40.1. The number of hydrogen-bond donors (Lipinski definition) is 8. The Hall–Kier alpha value is -5.73. The summed E-state index contributed by atoms with van der Waals surface area (Å²) in [4.78, 5) is 95.2. The second kappa shape index (κ2) is 30.0. The molecule has 10 atom stereocenters. The van der Waals surface area contributed by atoms with Crippen molar-refractivity contribution in [2.75, 3.05) is 27.3 Å². The minimum absolute atomic E-state index is 0.00801. The van der Waals surface area contributed by atoms with E-state index >= 15 is 0 Å². The van der Waals surface area contributed by atoms with Crippen LogP contribution < -0.4 is 26.8 Å². The molecule has 2 fully saturated rings. The summed E-state index contributed by atoms with van der Waals surface area (Å²) in [6, 6.07) is 16.8. The first-order valence-corrected chi connectivity index (χ1v) is 27.3. The maximum Gasteiger partial charge on any atom is 0.335 e. The van der Waals surface area contributed by atoms with Gasteiger partial charge in [0.05, 0.1) is 53.1 Å². The van der Waals surface area contributed by atoms with Crippen LogP contribution in [0.1, 0.15) is 118 Å².